The Labute approximate surface area is 356 Å². The molecule has 1 aliphatic rings. The van der Waals surface area contributed by atoms with Crippen molar-refractivity contribution in [2.24, 2.45) is 5.41 Å². The van der Waals surface area contributed by atoms with Crippen molar-refractivity contribution in [3.05, 3.63) is 35.4 Å². The highest BCUT2D eigenvalue weighted by Gasteiger charge is 2.46. The number of hydrogen-bond acceptors (Lipinski definition) is 10. The van der Waals surface area contributed by atoms with Crippen LogP contribution in [0.3, 0.4) is 0 Å². The third-order valence-electron chi connectivity index (χ3n) is 9.83. The molecule has 1 heterocycles. The fourth-order valence-corrected chi connectivity index (χ4v) is 34.6. The van der Waals surface area contributed by atoms with Crippen molar-refractivity contribution >= 4 is 82.6 Å². The lowest BCUT2D eigenvalue weighted by Crippen LogP contribution is -2.58. The molecule has 0 spiro atoms. The smallest absolute Gasteiger partial charge is 0.338 e. The summed E-state index contributed by atoms with van der Waals surface area (Å²) in [5.74, 6) is -0.102. The number of thiocarbonyl (C=S) groups is 1. The van der Waals surface area contributed by atoms with Crippen LogP contribution in [-0.2, 0) is 37.1 Å². The Kier molecular flexibility index (Phi) is 19.5. The number of hydrogen-bond donors (Lipinski definition) is 0. The van der Waals surface area contributed by atoms with E-state index in [0.29, 0.717) is 29.6 Å². The van der Waals surface area contributed by atoms with Gasteiger partial charge >= 0.3 is 31.7 Å². The second-order valence-electron chi connectivity index (χ2n) is 19.3. The maximum atomic E-state index is 13.0. The highest BCUT2D eigenvalue weighted by Crippen LogP contribution is 2.41. The lowest BCUT2D eigenvalue weighted by Gasteiger charge is -2.43. The van der Waals surface area contributed by atoms with Crippen molar-refractivity contribution in [2.75, 3.05) is 19.8 Å². The first-order valence-electron chi connectivity index (χ1n) is 20.7. The van der Waals surface area contributed by atoms with Gasteiger partial charge in [-0.15, -0.1) is 0 Å². The predicted octanol–water partition coefficient (Wildman–Crippen LogP) is 11.4. The summed E-state index contributed by atoms with van der Waals surface area (Å²) in [7, 11) is -11.3. The average Bonchev–Trinajstić information content (AvgIpc) is 3.43. The zero-order valence-corrected chi connectivity index (χ0v) is 44.5. The molecule has 0 N–H and O–H groups in total. The van der Waals surface area contributed by atoms with Gasteiger partial charge in [-0.25, -0.2) is 4.79 Å². The van der Waals surface area contributed by atoms with Crippen molar-refractivity contribution in [3.8, 4) is 0 Å². The van der Waals surface area contributed by atoms with Crippen LogP contribution in [0, 0.1) is 5.41 Å². The van der Waals surface area contributed by atoms with Gasteiger partial charge in [-0.05, 0) is 159 Å². The highest BCUT2D eigenvalue weighted by atomic mass is 32.2. The van der Waals surface area contributed by atoms with Gasteiger partial charge in [-0.1, -0.05) is 57.5 Å². The molecule has 0 radical (unpaired) electrons. The summed E-state index contributed by atoms with van der Waals surface area (Å²) in [6.07, 6.45) is 6.20. The van der Waals surface area contributed by atoms with Gasteiger partial charge in [0.05, 0.1) is 18.8 Å². The van der Waals surface area contributed by atoms with Crippen LogP contribution in [0.2, 0.25) is 77.6 Å². The lowest BCUT2D eigenvalue weighted by molar-refractivity contribution is -0.130. The normalized spacial score (nSPS) is 15.6. The number of carbonyl (C=O) groups is 2. The molecule has 1 atom stereocenters. The second kappa shape index (κ2) is 21.2. The van der Waals surface area contributed by atoms with E-state index in [2.05, 4.69) is 105 Å². The van der Waals surface area contributed by atoms with Crippen molar-refractivity contribution in [1.29, 1.82) is 0 Å². The van der Waals surface area contributed by atoms with E-state index in [1.807, 2.05) is 31.2 Å². The Morgan fingerprint density at radius 3 is 1.80 bits per heavy atom. The molecule has 1 amide bonds. The summed E-state index contributed by atoms with van der Waals surface area (Å²) in [5, 5.41) is 0. The van der Waals surface area contributed by atoms with Crippen molar-refractivity contribution in [2.45, 2.75) is 175 Å². The molecule has 9 nitrogen and oxygen atoms in total. The van der Waals surface area contributed by atoms with Gasteiger partial charge in [0.25, 0.3) is 0 Å². The van der Waals surface area contributed by atoms with E-state index in [4.69, 9.17) is 38.2 Å². The van der Waals surface area contributed by atoms with Crippen LogP contribution in [-0.4, -0.2) is 94.0 Å². The Morgan fingerprint density at radius 2 is 1.32 bits per heavy atom. The molecule has 1 fully saturated rings. The van der Waals surface area contributed by atoms with Gasteiger partial charge in [0, 0.05) is 23.8 Å². The van der Waals surface area contributed by atoms with E-state index in [9.17, 15) is 9.59 Å². The Hall–Kier alpha value is -0.676. The van der Waals surface area contributed by atoms with Crippen LogP contribution >= 0.6 is 24.0 Å². The third kappa shape index (κ3) is 18.7. The fraction of sp³-hybridized carbons (Fsp3) is 0.775. The molecule has 0 bridgehead atoms. The van der Waals surface area contributed by atoms with Crippen LogP contribution < -0.4 is 0 Å². The zero-order valence-electron chi connectivity index (χ0n) is 37.9. The summed E-state index contributed by atoms with van der Waals surface area (Å²) in [6, 6.07) is 9.77. The van der Waals surface area contributed by atoms with Crippen LogP contribution in [0.4, 0.5) is 0 Å². The van der Waals surface area contributed by atoms with Crippen LogP contribution in [0.1, 0.15) is 96.0 Å². The van der Waals surface area contributed by atoms with Crippen molar-refractivity contribution < 1.29 is 35.5 Å². The zero-order chi connectivity index (χ0) is 42.8. The summed E-state index contributed by atoms with van der Waals surface area (Å²) in [5.41, 5.74) is 1.56. The van der Waals surface area contributed by atoms with Gasteiger partial charge in [0.2, 0.25) is 10.3 Å². The molecule has 0 aromatic heterocycles. The molecule has 1 unspecified atom stereocenters. The monoisotopic (exact) mass is 903 g/mol. The van der Waals surface area contributed by atoms with Gasteiger partial charge in [-0.2, -0.15) is 0 Å². The van der Waals surface area contributed by atoms with E-state index in [1.54, 1.807) is 11.8 Å². The number of rotatable bonds is 24. The van der Waals surface area contributed by atoms with Gasteiger partial charge < -0.3 is 30.8 Å². The largest absolute Gasteiger partial charge is 0.479 e. The van der Waals surface area contributed by atoms with Crippen LogP contribution in [0.5, 0.6) is 0 Å². The second-order valence-corrected chi connectivity index (χ2v) is 41.3. The molecule has 2 rings (SSSR count). The molecular formula is C40H77NO8S2Si5. The van der Waals surface area contributed by atoms with Gasteiger partial charge in [-0.3, -0.25) is 4.79 Å². The molecule has 0 aliphatic carbocycles. The first kappa shape index (κ1) is 51.5. The molecule has 1 aromatic rings. The van der Waals surface area contributed by atoms with Crippen molar-refractivity contribution in [1.82, 2.24) is 4.90 Å². The number of amides is 1. The van der Waals surface area contributed by atoms with Gasteiger partial charge in [0.1, 0.15) is 0 Å². The molecular weight excluding hydrogens is 827 g/mol. The van der Waals surface area contributed by atoms with Crippen LogP contribution in [0.25, 0.3) is 0 Å². The average molecular weight is 905 g/mol. The van der Waals surface area contributed by atoms with E-state index >= 15 is 0 Å². The number of ether oxygens (including phenoxy) is 2. The summed E-state index contributed by atoms with van der Waals surface area (Å²) in [6.45, 7) is 36.4. The first-order chi connectivity index (χ1) is 25.5. The number of esters is 1. The standard InChI is InChI=1S/C40H77NO8S2Si5/c1-17-19-29-52(7,8)46-54(11,12)48-56(15,16)49-55(13,14)47-53(9,10)30-21-28-45-37(43)34-25-23-33(24-26-34)31-39(3,4)32-35(41-27-20-22-36(41)42)40(5,6)51-38(50)44-18-2/h23-26,35H,17-22,27-32H2,1-16H3. The highest BCUT2D eigenvalue weighted by molar-refractivity contribution is 8.23. The fourth-order valence-electron chi connectivity index (χ4n) is 8.09. The summed E-state index contributed by atoms with van der Waals surface area (Å²) < 4.78 is 38.5. The van der Waals surface area contributed by atoms with E-state index in [-0.39, 0.29) is 28.1 Å². The third-order valence-corrected chi connectivity index (χ3v) is 30.6. The first-order valence-corrected chi connectivity index (χ1v) is 36.6. The maximum Gasteiger partial charge on any atom is 0.338 e. The number of nitrogens with zero attached hydrogens (tertiary/aromatic N) is 1. The Morgan fingerprint density at radius 1 is 0.804 bits per heavy atom. The predicted molar refractivity (Wildman–Crippen MR) is 250 cm³/mol. The minimum absolute atomic E-state index is 0.000224. The minimum atomic E-state index is -2.52. The number of likely N-dealkylation sites (tertiary alicyclic amines) is 1. The molecule has 0 saturated carbocycles. The number of thioether (sulfide) groups is 1. The molecule has 1 saturated heterocycles. The maximum absolute atomic E-state index is 13.0. The molecule has 1 aromatic carbocycles. The molecule has 322 valence electrons. The summed E-state index contributed by atoms with van der Waals surface area (Å²) >= 11 is 7.05. The Balaban J connectivity index is 1.93. The SMILES string of the molecule is CCCC[Si](C)(C)O[Si](C)(C)O[Si](C)(C)O[Si](C)(C)O[Si](C)(C)CCCOC(=O)c1ccc(CC(C)(C)CC(N2CCCC2=O)C(C)(C)SC(=S)OCC)cc1. The number of carbonyl (C=O) groups excluding carboxylic acids is 2. The molecule has 16 heteroatoms. The topological polar surface area (TPSA) is 92.8 Å². The molecule has 1 aliphatic heterocycles. The van der Waals surface area contributed by atoms with Gasteiger partial charge in [0.15, 0.2) is 16.6 Å². The van der Waals surface area contributed by atoms with E-state index < -0.39 is 42.3 Å². The summed E-state index contributed by atoms with van der Waals surface area (Å²) in [4.78, 5) is 28.1. The lowest BCUT2D eigenvalue weighted by atomic mass is 9.77. The number of unbranched alkanes of at least 4 members (excludes halogenated alkanes) is 1. The molecule has 56 heavy (non-hydrogen) atoms. The number of benzene rings is 1. The van der Waals surface area contributed by atoms with Crippen molar-refractivity contribution in [3.63, 3.8) is 0 Å². The van der Waals surface area contributed by atoms with E-state index in [0.717, 1.165) is 49.9 Å². The van der Waals surface area contributed by atoms with E-state index in [1.165, 1.54) is 12.8 Å². The Bertz CT molecular complexity index is 1440. The van der Waals surface area contributed by atoms with Crippen LogP contribution in [0.15, 0.2) is 24.3 Å². The quantitative estimate of drug-likeness (QED) is 0.0432. The minimum Gasteiger partial charge on any atom is -0.479 e.